The van der Waals surface area contributed by atoms with Gasteiger partial charge in [-0.05, 0) is 60.4 Å². The summed E-state index contributed by atoms with van der Waals surface area (Å²) in [5, 5.41) is 3.24. The summed E-state index contributed by atoms with van der Waals surface area (Å²) >= 11 is 3.53. The first-order valence-corrected chi connectivity index (χ1v) is 18.6. The number of anilines is 1. The number of methoxy groups -OCH3 is 2. The summed E-state index contributed by atoms with van der Waals surface area (Å²) in [6, 6.07) is 29.0. The van der Waals surface area contributed by atoms with E-state index in [-0.39, 0.29) is 35.6 Å². The lowest BCUT2D eigenvalue weighted by Crippen LogP contribution is -2.55. The highest BCUT2D eigenvalue weighted by atomic mass is 79.9. The molecule has 1 atom stereocenters. The fourth-order valence-corrected chi connectivity index (χ4v) is 8.03. The number of halogens is 1. The number of rotatable bonds is 14. The van der Waals surface area contributed by atoms with Gasteiger partial charge in [0.05, 0.1) is 24.8 Å². The topological polar surface area (TPSA) is 105 Å². The monoisotopic (exact) mass is 747 g/mol. The summed E-state index contributed by atoms with van der Waals surface area (Å²) < 4.78 is 41.4. The second-order valence-corrected chi connectivity index (χ2v) is 14.8. The predicted octanol–water partition coefficient (Wildman–Crippen LogP) is 6.75. The van der Waals surface area contributed by atoms with E-state index in [2.05, 4.69) is 21.2 Å². The average molecular weight is 749 g/mol. The Morgan fingerprint density at radius 1 is 0.816 bits per heavy atom. The minimum atomic E-state index is -4.31. The third-order valence-corrected chi connectivity index (χ3v) is 11.0. The molecule has 0 radical (unpaired) electrons. The quantitative estimate of drug-likeness (QED) is 0.153. The molecule has 1 aliphatic rings. The lowest BCUT2D eigenvalue weighted by molar-refractivity contribution is -0.140. The molecule has 1 unspecified atom stereocenters. The molecule has 2 amide bonds. The summed E-state index contributed by atoms with van der Waals surface area (Å²) in [5.41, 5.74) is 1.98. The van der Waals surface area contributed by atoms with Crippen LogP contribution in [0.3, 0.4) is 0 Å². The third kappa shape index (κ3) is 9.21. The van der Waals surface area contributed by atoms with Gasteiger partial charge in [0.1, 0.15) is 12.6 Å². The zero-order valence-corrected chi connectivity index (χ0v) is 30.2. The van der Waals surface area contributed by atoms with Crippen molar-refractivity contribution in [2.75, 3.05) is 25.1 Å². The molecule has 0 aliphatic heterocycles. The van der Waals surface area contributed by atoms with Crippen LogP contribution in [-0.2, 0) is 32.6 Å². The van der Waals surface area contributed by atoms with E-state index in [0.29, 0.717) is 11.4 Å². The number of amides is 2. The third-order valence-electron chi connectivity index (χ3n) is 8.73. The Labute approximate surface area is 297 Å². The lowest BCUT2D eigenvalue weighted by atomic mass is 9.94. The number of nitrogens with zero attached hydrogens (tertiary/aromatic N) is 2. The van der Waals surface area contributed by atoms with Crippen LogP contribution in [0.1, 0.15) is 43.2 Å². The Balaban J connectivity index is 1.56. The van der Waals surface area contributed by atoms with Crippen molar-refractivity contribution in [2.24, 2.45) is 0 Å². The van der Waals surface area contributed by atoms with Crippen LogP contribution in [0, 0.1) is 0 Å². The van der Waals surface area contributed by atoms with Crippen molar-refractivity contribution in [3.63, 3.8) is 0 Å². The maximum absolute atomic E-state index is 14.7. The Morgan fingerprint density at radius 3 is 2.12 bits per heavy atom. The highest BCUT2D eigenvalue weighted by Crippen LogP contribution is 2.32. The average Bonchev–Trinajstić information content (AvgIpc) is 3.12. The van der Waals surface area contributed by atoms with Gasteiger partial charge in [-0.15, -0.1) is 0 Å². The highest BCUT2D eigenvalue weighted by Gasteiger charge is 2.35. The van der Waals surface area contributed by atoms with Crippen LogP contribution < -0.4 is 19.1 Å². The van der Waals surface area contributed by atoms with Gasteiger partial charge in [0.25, 0.3) is 10.0 Å². The number of carbonyl (C=O) groups excluding carboxylic acids is 2. The van der Waals surface area contributed by atoms with Gasteiger partial charge < -0.3 is 19.7 Å². The van der Waals surface area contributed by atoms with Gasteiger partial charge >= 0.3 is 0 Å². The van der Waals surface area contributed by atoms with Crippen molar-refractivity contribution < 1.29 is 27.5 Å². The standard InChI is InChI=1S/C38H42BrN3O6S/c1-47-35-22-21-33(25-36(35)48-2)49(45,46)42(32-19-10-5-11-20-32)27-37(43)41(26-29-15-12-16-30(39)23-29)34(24-28-13-6-3-7-14-28)38(44)40-31-17-8-4-9-18-31/h3,5-7,10-16,19-23,25,31,34H,4,8-9,17-18,24,26-27H2,1-2H3,(H,40,44). The van der Waals surface area contributed by atoms with Crippen LogP contribution >= 0.6 is 15.9 Å². The molecule has 49 heavy (non-hydrogen) atoms. The number of carbonyl (C=O) groups is 2. The van der Waals surface area contributed by atoms with Crippen LogP contribution in [0.2, 0.25) is 0 Å². The van der Waals surface area contributed by atoms with E-state index >= 15 is 0 Å². The number of sulfonamides is 1. The van der Waals surface area contributed by atoms with Crippen LogP contribution in [0.15, 0.2) is 112 Å². The van der Waals surface area contributed by atoms with E-state index in [1.54, 1.807) is 30.3 Å². The molecule has 4 aromatic carbocycles. The first-order chi connectivity index (χ1) is 23.7. The summed E-state index contributed by atoms with van der Waals surface area (Å²) in [6.07, 6.45) is 5.23. The largest absolute Gasteiger partial charge is 0.493 e. The Morgan fingerprint density at radius 2 is 1.47 bits per heavy atom. The number of nitrogens with one attached hydrogen (secondary N) is 1. The van der Waals surface area contributed by atoms with Crippen LogP contribution in [-0.4, -0.2) is 58.0 Å². The van der Waals surface area contributed by atoms with Gasteiger partial charge in [0.2, 0.25) is 11.8 Å². The summed E-state index contributed by atoms with van der Waals surface area (Å²) in [5.74, 6) is -0.168. The van der Waals surface area contributed by atoms with E-state index in [1.165, 1.54) is 37.3 Å². The summed E-state index contributed by atoms with van der Waals surface area (Å²) in [6.45, 7) is -0.455. The Kier molecular flexibility index (Phi) is 12.4. The fourth-order valence-electron chi connectivity index (χ4n) is 6.16. The molecule has 0 spiro atoms. The van der Waals surface area contributed by atoms with Crippen molar-refractivity contribution in [1.82, 2.24) is 10.2 Å². The molecule has 1 N–H and O–H groups in total. The normalized spacial score (nSPS) is 14.0. The zero-order chi connectivity index (χ0) is 34.8. The van der Waals surface area contributed by atoms with Crippen LogP contribution in [0.25, 0.3) is 0 Å². The molecule has 1 aliphatic carbocycles. The highest BCUT2D eigenvalue weighted by molar-refractivity contribution is 9.10. The van der Waals surface area contributed by atoms with E-state index in [9.17, 15) is 18.0 Å². The predicted molar refractivity (Wildman–Crippen MR) is 194 cm³/mol. The minimum absolute atomic E-state index is 0.0218. The molecule has 9 nitrogen and oxygen atoms in total. The lowest BCUT2D eigenvalue weighted by Gasteiger charge is -2.35. The molecule has 1 saturated carbocycles. The van der Waals surface area contributed by atoms with Crippen LogP contribution in [0.5, 0.6) is 11.5 Å². The summed E-state index contributed by atoms with van der Waals surface area (Å²) in [7, 11) is -1.41. The molecule has 5 rings (SSSR count). The van der Waals surface area contributed by atoms with Crippen molar-refractivity contribution in [3.8, 4) is 11.5 Å². The maximum atomic E-state index is 14.7. The Bertz CT molecular complexity index is 1820. The van der Waals surface area contributed by atoms with Gasteiger partial charge in [-0.25, -0.2) is 8.42 Å². The molecular formula is C38H42BrN3O6S. The maximum Gasteiger partial charge on any atom is 0.264 e. The van der Waals surface area contributed by atoms with Crippen LogP contribution in [0.4, 0.5) is 5.69 Å². The van der Waals surface area contributed by atoms with E-state index in [1.807, 2.05) is 54.6 Å². The number of hydrogen-bond acceptors (Lipinski definition) is 6. The van der Waals surface area contributed by atoms with Gasteiger partial charge in [-0.3, -0.25) is 13.9 Å². The number of hydrogen-bond donors (Lipinski definition) is 1. The van der Waals surface area contributed by atoms with Crippen molar-refractivity contribution in [3.05, 3.63) is 119 Å². The molecule has 1 fully saturated rings. The van der Waals surface area contributed by atoms with Gasteiger partial charge in [0.15, 0.2) is 11.5 Å². The zero-order valence-electron chi connectivity index (χ0n) is 27.8. The second kappa shape index (κ2) is 16.8. The van der Waals surface area contributed by atoms with E-state index < -0.39 is 28.5 Å². The van der Waals surface area contributed by atoms with E-state index in [0.717, 1.165) is 52.0 Å². The molecule has 0 saturated heterocycles. The molecule has 0 aromatic heterocycles. The molecular weight excluding hydrogens is 706 g/mol. The summed E-state index contributed by atoms with van der Waals surface area (Å²) in [4.78, 5) is 30.4. The molecule has 4 aromatic rings. The molecule has 0 heterocycles. The minimum Gasteiger partial charge on any atom is -0.493 e. The van der Waals surface area contributed by atoms with Crippen molar-refractivity contribution >= 4 is 43.5 Å². The van der Waals surface area contributed by atoms with Gasteiger partial charge in [-0.2, -0.15) is 0 Å². The smallest absolute Gasteiger partial charge is 0.264 e. The SMILES string of the molecule is COc1ccc(S(=O)(=O)N(CC(=O)N(Cc2cccc(Br)c2)C(Cc2ccccc2)C(=O)NC2CCCCC2)c2ccccc2)cc1OC. The van der Waals surface area contributed by atoms with Crippen molar-refractivity contribution in [1.29, 1.82) is 0 Å². The van der Waals surface area contributed by atoms with E-state index in [4.69, 9.17) is 9.47 Å². The van der Waals surface area contributed by atoms with Gasteiger partial charge in [0, 0.05) is 29.5 Å². The molecule has 0 bridgehead atoms. The first kappa shape index (κ1) is 35.9. The van der Waals surface area contributed by atoms with Crippen molar-refractivity contribution in [2.45, 2.75) is 62.0 Å². The number of para-hydroxylation sites is 1. The first-order valence-electron chi connectivity index (χ1n) is 16.4. The van der Waals surface area contributed by atoms with Gasteiger partial charge in [-0.1, -0.05) is 95.9 Å². The Hall–Kier alpha value is -4.35. The number of benzene rings is 4. The fraction of sp³-hybridized carbons (Fsp3) is 0.316. The number of ether oxygens (including phenoxy) is 2. The second-order valence-electron chi connectivity index (χ2n) is 12.1. The molecule has 258 valence electrons. The molecule has 11 heteroatoms.